The minimum atomic E-state index is -0.235. The highest BCUT2D eigenvalue weighted by Crippen LogP contribution is 2.21. The van der Waals surface area contributed by atoms with Crippen molar-refractivity contribution in [3.63, 3.8) is 0 Å². The summed E-state index contributed by atoms with van der Waals surface area (Å²) >= 11 is 0. The van der Waals surface area contributed by atoms with Gasteiger partial charge in [0.15, 0.2) is 0 Å². The highest BCUT2D eigenvalue weighted by molar-refractivity contribution is 5.86. The van der Waals surface area contributed by atoms with Crippen molar-refractivity contribution in [3.8, 4) is 0 Å². The fraction of sp³-hybridized carbons (Fsp3) is 0.214. The highest BCUT2D eigenvalue weighted by atomic mass is 19.1. The molecule has 0 aromatic heterocycles. The predicted molar refractivity (Wildman–Crippen MR) is 62.6 cm³/mol. The maximum atomic E-state index is 12.0. The summed E-state index contributed by atoms with van der Waals surface area (Å²) in [4.78, 5) is 0. The first-order valence-electron chi connectivity index (χ1n) is 5.29. The molecular formula is C14H14F. The average Bonchev–Trinajstić information content (AvgIpc) is 2.30. The Morgan fingerprint density at radius 1 is 1.00 bits per heavy atom. The van der Waals surface area contributed by atoms with Gasteiger partial charge in [-0.15, -0.1) is 0 Å². The standard InChI is InChI=1S/C14H14F/c15-11-4-3-7-13-9-5-8-12-6-1-2-10-14(12)13/h1-2,5-10H,3-4,11H2. The molecule has 0 spiro atoms. The maximum absolute atomic E-state index is 12.0. The molecule has 0 saturated heterocycles. The van der Waals surface area contributed by atoms with Gasteiger partial charge >= 0.3 is 0 Å². The molecule has 2 aromatic rings. The molecule has 0 saturated carbocycles. The van der Waals surface area contributed by atoms with Crippen LogP contribution >= 0.6 is 0 Å². The summed E-state index contributed by atoms with van der Waals surface area (Å²) in [6.07, 6.45) is 3.54. The van der Waals surface area contributed by atoms with Gasteiger partial charge in [0.25, 0.3) is 0 Å². The third kappa shape index (κ3) is 2.35. The van der Waals surface area contributed by atoms with Crippen LogP contribution in [0.3, 0.4) is 0 Å². The third-order valence-electron chi connectivity index (χ3n) is 2.53. The first kappa shape index (κ1) is 10.2. The van der Waals surface area contributed by atoms with E-state index in [0.717, 1.165) is 6.42 Å². The predicted octanol–water partition coefficient (Wildman–Crippen LogP) is 4.14. The van der Waals surface area contributed by atoms with Crippen LogP contribution in [0.4, 0.5) is 4.39 Å². The second-order valence-electron chi connectivity index (χ2n) is 3.60. The van der Waals surface area contributed by atoms with Gasteiger partial charge in [0.05, 0.1) is 6.67 Å². The molecule has 0 heterocycles. The van der Waals surface area contributed by atoms with Crippen LogP contribution in [0, 0.1) is 6.42 Å². The highest BCUT2D eigenvalue weighted by Gasteiger charge is 1.99. The molecule has 15 heavy (non-hydrogen) atoms. The lowest BCUT2D eigenvalue weighted by molar-refractivity contribution is 0.472. The van der Waals surface area contributed by atoms with Crippen molar-refractivity contribution in [2.75, 3.05) is 6.67 Å². The Kier molecular flexibility index (Phi) is 3.33. The van der Waals surface area contributed by atoms with E-state index in [0.29, 0.717) is 6.42 Å². The minimum absolute atomic E-state index is 0.235. The molecule has 77 valence electrons. The van der Waals surface area contributed by atoms with Gasteiger partial charge in [0.1, 0.15) is 0 Å². The van der Waals surface area contributed by atoms with Crippen molar-refractivity contribution in [1.29, 1.82) is 0 Å². The van der Waals surface area contributed by atoms with Crippen LogP contribution in [0.5, 0.6) is 0 Å². The van der Waals surface area contributed by atoms with E-state index < -0.39 is 0 Å². The number of alkyl halides is 1. The van der Waals surface area contributed by atoms with E-state index in [1.165, 1.54) is 16.3 Å². The molecule has 0 amide bonds. The van der Waals surface area contributed by atoms with E-state index in [4.69, 9.17) is 0 Å². The van der Waals surface area contributed by atoms with Crippen LogP contribution in [-0.2, 0) is 0 Å². The van der Waals surface area contributed by atoms with Gasteiger partial charge in [0, 0.05) is 0 Å². The number of unbranched alkanes of at least 4 members (excludes halogenated alkanes) is 1. The average molecular weight is 201 g/mol. The van der Waals surface area contributed by atoms with Gasteiger partial charge in [0.2, 0.25) is 0 Å². The summed E-state index contributed by atoms with van der Waals surface area (Å²) in [5.74, 6) is 0. The molecular weight excluding hydrogens is 187 g/mol. The van der Waals surface area contributed by atoms with E-state index in [2.05, 4.69) is 30.7 Å². The summed E-state index contributed by atoms with van der Waals surface area (Å²) in [7, 11) is 0. The molecule has 2 rings (SSSR count). The molecule has 0 fully saturated rings. The van der Waals surface area contributed by atoms with Crippen LogP contribution in [0.2, 0.25) is 0 Å². The van der Waals surface area contributed by atoms with Crippen molar-refractivity contribution in [2.24, 2.45) is 0 Å². The lowest BCUT2D eigenvalue weighted by Crippen LogP contribution is -1.86. The summed E-state index contributed by atoms with van der Waals surface area (Å²) in [5.41, 5.74) is 1.21. The minimum Gasteiger partial charge on any atom is -0.251 e. The van der Waals surface area contributed by atoms with Crippen LogP contribution in [0.1, 0.15) is 18.4 Å². The van der Waals surface area contributed by atoms with Crippen LogP contribution in [-0.4, -0.2) is 6.67 Å². The molecule has 0 aliphatic carbocycles. The quantitative estimate of drug-likeness (QED) is 0.652. The van der Waals surface area contributed by atoms with Crippen molar-refractivity contribution in [2.45, 2.75) is 12.8 Å². The van der Waals surface area contributed by atoms with Crippen LogP contribution in [0.15, 0.2) is 42.5 Å². The first-order chi connectivity index (χ1) is 7.42. The lowest BCUT2D eigenvalue weighted by Gasteiger charge is -2.04. The van der Waals surface area contributed by atoms with Crippen molar-refractivity contribution in [1.82, 2.24) is 0 Å². The molecule has 2 aromatic carbocycles. The molecule has 0 N–H and O–H groups in total. The van der Waals surface area contributed by atoms with E-state index in [-0.39, 0.29) is 6.67 Å². The zero-order chi connectivity index (χ0) is 10.5. The molecule has 0 aliphatic heterocycles. The number of rotatable bonds is 4. The zero-order valence-corrected chi connectivity index (χ0v) is 8.62. The van der Waals surface area contributed by atoms with Crippen LogP contribution in [0.25, 0.3) is 10.8 Å². The largest absolute Gasteiger partial charge is 0.251 e. The van der Waals surface area contributed by atoms with Crippen molar-refractivity contribution >= 4 is 10.8 Å². The number of benzene rings is 2. The second kappa shape index (κ2) is 4.92. The van der Waals surface area contributed by atoms with E-state index in [1.807, 2.05) is 18.2 Å². The number of hydrogen-bond donors (Lipinski definition) is 0. The van der Waals surface area contributed by atoms with Gasteiger partial charge in [-0.05, 0) is 35.6 Å². The summed E-state index contributed by atoms with van der Waals surface area (Å²) in [6, 6.07) is 14.5. The first-order valence-corrected chi connectivity index (χ1v) is 5.29. The molecule has 0 bridgehead atoms. The van der Waals surface area contributed by atoms with Crippen LogP contribution < -0.4 is 0 Å². The van der Waals surface area contributed by atoms with E-state index in [9.17, 15) is 4.39 Å². The number of halogens is 1. The Labute approximate surface area is 89.7 Å². The SMILES string of the molecule is FCCC[CH]c1cccc2ccccc12. The number of hydrogen-bond acceptors (Lipinski definition) is 0. The molecule has 1 heteroatoms. The molecule has 0 nitrogen and oxygen atoms in total. The van der Waals surface area contributed by atoms with E-state index >= 15 is 0 Å². The molecule has 1 radical (unpaired) electrons. The van der Waals surface area contributed by atoms with Gasteiger partial charge in [-0.25, -0.2) is 0 Å². The Morgan fingerprint density at radius 2 is 1.80 bits per heavy atom. The Balaban J connectivity index is 2.26. The molecule has 0 atom stereocenters. The van der Waals surface area contributed by atoms with Gasteiger partial charge in [-0.2, -0.15) is 0 Å². The fourth-order valence-electron chi connectivity index (χ4n) is 1.76. The third-order valence-corrected chi connectivity index (χ3v) is 2.53. The number of fused-ring (bicyclic) bond motifs is 1. The Bertz CT molecular complexity index is 429. The van der Waals surface area contributed by atoms with Gasteiger partial charge < -0.3 is 0 Å². The van der Waals surface area contributed by atoms with Crippen molar-refractivity contribution < 1.29 is 4.39 Å². The summed E-state index contributed by atoms with van der Waals surface area (Å²) < 4.78 is 12.0. The molecule has 0 aliphatic rings. The smallest absolute Gasteiger partial charge is 0.0894 e. The van der Waals surface area contributed by atoms with Crippen molar-refractivity contribution in [3.05, 3.63) is 54.4 Å². The topological polar surface area (TPSA) is 0 Å². The Morgan fingerprint density at radius 3 is 2.67 bits per heavy atom. The monoisotopic (exact) mass is 201 g/mol. The summed E-state index contributed by atoms with van der Waals surface area (Å²) in [6.45, 7) is -0.235. The lowest BCUT2D eigenvalue weighted by atomic mass is 10.0. The normalized spacial score (nSPS) is 10.7. The fourth-order valence-corrected chi connectivity index (χ4v) is 1.76. The zero-order valence-electron chi connectivity index (χ0n) is 8.62. The molecule has 0 unspecified atom stereocenters. The Hall–Kier alpha value is -1.37. The van der Waals surface area contributed by atoms with Gasteiger partial charge in [-0.1, -0.05) is 42.5 Å². The second-order valence-corrected chi connectivity index (χ2v) is 3.60. The maximum Gasteiger partial charge on any atom is 0.0894 e. The van der Waals surface area contributed by atoms with Gasteiger partial charge in [-0.3, -0.25) is 4.39 Å². The summed E-state index contributed by atoms with van der Waals surface area (Å²) in [5, 5.41) is 2.49. The van der Waals surface area contributed by atoms with E-state index in [1.54, 1.807) is 0 Å².